The molecule has 7 nitrogen and oxygen atoms in total. The lowest BCUT2D eigenvalue weighted by Gasteiger charge is -2.16. The Morgan fingerprint density at radius 3 is 2.28 bits per heavy atom. The molecule has 0 spiro atoms. The Balaban J connectivity index is 1.44. The number of benzene rings is 2. The normalized spacial score (nSPS) is 13.4. The van der Waals surface area contributed by atoms with Gasteiger partial charge >= 0.3 is 12.1 Å². The van der Waals surface area contributed by atoms with Crippen LogP contribution in [0.5, 0.6) is 0 Å². The molecule has 2 N–H and O–H groups in total. The maximum Gasteiger partial charge on any atom is 0.407 e. The Hall–Kier alpha value is -3.61. The van der Waals surface area contributed by atoms with Crippen LogP contribution >= 0.6 is 0 Å². The van der Waals surface area contributed by atoms with Crippen LogP contribution in [0.15, 0.2) is 52.9 Å². The fraction of sp³-hybridized carbons (Fsp3) is 0.227. The minimum atomic E-state index is -1.20. The van der Waals surface area contributed by atoms with Gasteiger partial charge in [0.2, 0.25) is 11.7 Å². The van der Waals surface area contributed by atoms with Gasteiger partial charge < -0.3 is 19.6 Å². The highest BCUT2D eigenvalue weighted by molar-refractivity contribution is 5.85. The highest BCUT2D eigenvalue weighted by Gasteiger charge is 2.29. The van der Waals surface area contributed by atoms with Crippen molar-refractivity contribution >= 4 is 12.1 Å². The van der Waals surface area contributed by atoms with Gasteiger partial charge in [0, 0.05) is 5.92 Å². The van der Waals surface area contributed by atoms with Crippen molar-refractivity contribution in [1.29, 1.82) is 0 Å². The number of carbonyl (C=O) groups is 2. The van der Waals surface area contributed by atoms with E-state index in [1.54, 1.807) is 6.92 Å². The molecule has 1 amide bonds. The number of nitrogens with one attached hydrogen (secondary N) is 1. The summed E-state index contributed by atoms with van der Waals surface area (Å²) in [7, 11) is 0. The molecule has 1 aliphatic carbocycles. The zero-order valence-corrected chi connectivity index (χ0v) is 16.0. The van der Waals surface area contributed by atoms with E-state index in [0.717, 1.165) is 22.3 Å². The second-order valence-electron chi connectivity index (χ2n) is 6.96. The third kappa shape index (κ3) is 3.47. The molecule has 1 aliphatic rings. The van der Waals surface area contributed by atoms with Crippen molar-refractivity contribution < 1.29 is 23.8 Å². The number of fused-ring (bicyclic) bond motifs is 3. The Morgan fingerprint density at radius 1 is 1.14 bits per heavy atom. The number of carboxylic acids is 1. The van der Waals surface area contributed by atoms with E-state index in [1.807, 2.05) is 36.4 Å². The van der Waals surface area contributed by atoms with Gasteiger partial charge in [0.1, 0.15) is 12.6 Å². The second-order valence-corrected chi connectivity index (χ2v) is 6.96. The maximum atomic E-state index is 12.3. The zero-order valence-electron chi connectivity index (χ0n) is 16.0. The lowest BCUT2D eigenvalue weighted by atomic mass is 9.98. The number of nitrogens with zero attached hydrogens (tertiary/aromatic N) is 1. The van der Waals surface area contributed by atoms with Crippen LogP contribution in [0.2, 0.25) is 0 Å². The predicted octanol–water partition coefficient (Wildman–Crippen LogP) is 4.28. The number of hydrogen-bond donors (Lipinski definition) is 2. The van der Waals surface area contributed by atoms with Gasteiger partial charge in [-0.2, -0.15) is 0 Å². The Bertz CT molecular complexity index is 1040. The second kappa shape index (κ2) is 7.43. The van der Waals surface area contributed by atoms with Crippen molar-refractivity contribution in [3.05, 3.63) is 77.0 Å². The highest BCUT2D eigenvalue weighted by atomic mass is 16.5. The van der Waals surface area contributed by atoms with E-state index >= 15 is 0 Å². The predicted molar refractivity (Wildman–Crippen MR) is 105 cm³/mol. The van der Waals surface area contributed by atoms with Gasteiger partial charge in [0.15, 0.2) is 0 Å². The summed E-state index contributed by atoms with van der Waals surface area (Å²) in [6.07, 6.45) is -0.618. The monoisotopic (exact) mass is 392 g/mol. The van der Waals surface area contributed by atoms with Crippen molar-refractivity contribution in [2.45, 2.75) is 25.8 Å². The van der Waals surface area contributed by atoms with E-state index in [0.29, 0.717) is 0 Å². The minimum Gasteiger partial charge on any atom is -0.475 e. The van der Waals surface area contributed by atoms with E-state index in [-0.39, 0.29) is 29.9 Å². The molecule has 0 fully saturated rings. The van der Waals surface area contributed by atoms with Crippen LogP contribution in [0.25, 0.3) is 11.1 Å². The van der Waals surface area contributed by atoms with Crippen LogP contribution in [-0.4, -0.2) is 28.8 Å². The topological polar surface area (TPSA) is 102 Å². The van der Waals surface area contributed by atoms with Gasteiger partial charge in [-0.3, -0.25) is 0 Å². The van der Waals surface area contributed by atoms with E-state index in [2.05, 4.69) is 22.4 Å². The van der Waals surface area contributed by atoms with Gasteiger partial charge in [-0.25, -0.2) is 14.6 Å². The van der Waals surface area contributed by atoms with Gasteiger partial charge in [0.25, 0.3) is 0 Å². The number of carboxylic acid groups (broad SMARTS) is 1. The molecule has 3 aromatic rings. The fourth-order valence-electron chi connectivity index (χ4n) is 3.68. The molecule has 0 bridgehead atoms. The summed E-state index contributed by atoms with van der Waals surface area (Å²) in [5.74, 6) is -1.35. The quantitative estimate of drug-likeness (QED) is 0.672. The summed E-state index contributed by atoms with van der Waals surface area (Å²) in [6.45, 7) is 3.38. The lowest BCUT2D eigenvalue weighted by Crippen LogP contribution is -2.29. The molecule has 0 saturated carbocycles. The molecule has 148 valence electrons. The number of aromatic nitrogens is 1. The van der Waals surface area contributed by atoms with Crippen molar-refractivity contribution in [2.24, 2.45) is 0 Å². The molecule has 1 atom stereocenters. The first-order valence-corrected chi connectivity index (χ1v) is 9.28. The summed E-state index contributed by atoms with van der Waals surface area (Å²) in [5, 5.41) is 11.7. The van der Waals surface area contributed by atoms with Crippen molar-refractivity contribution in [3.63, 3.8) is 0 Å². The summed E-state index contributed by atoms with van der Waals surface area (Å²) in [4.78, 5) is 27.5. The van der Waals surface area contributed by atoms with E-state index < -0.39 is 18.1 Å². The summed E-state index contributed by atoms with van der Waals surface area (Å²) in [5.41, 5.74) is 4.82. The Labute approximate surface area is 167 Å². The number of aromatic carboxylic acids is 1. The first-order chi connectivity index (χ1) is 14.0. The Morgan fingerprint density at radius 2 is 1.72 bits per heavy atom. The molecule has 7 heteroatoms. The third-order valence-electron chi connectivity index (χ3n) is 5.06. The number of ether oxygens (including phenoxy) is 1. The maximum absolute atomic E-state index is 12.3. The molecule has 1 heterocycles. The van der Waals surface area contributed by atoms with Crippen molar-refractivity contribution in [1.82, 2.24) is 10.3 Å². The molecule has 0 saturated heterocycles. The fourth-order valence-corrected chi connectivity index (χ4v) is 3.68. The zero-order chi connectivity index (χ0) is 20.5. The first-order valence-electron chi connectivity index (χ1n) is 9.28. The van der Waals surface area contributed by atoms with Crippen molar-refractivity contribution in [3.8, 4) is 11.1 Å². The smallest absolute Gasteiger partial charge is 0.407 e. The molecule has 0 aliphatic heterocycles. The average molecular weight is 392 g/mol. The number of rotatable bonds is 5. The molecule has 1 unspecified atom stereocenters. The number of hydrogen-bond acceptors (Lipinski definition) is 5. The number of aryl methyl sites for hydroxylation is 1. The SMILES string of the molecule is Cc1nc(C(C)NC(=O)OCC2c3ccccc3-c3ccccc32)oc1C(=O)O. The van der Waals surface area contributed by atoms with Crippen LogP contribution in [0, 0.1) is 6.92 Å². The van der Waals surface area contributed by atoms with Crippen LogP contribution in [0.3, 0.4) is 0 Å². The standard InChI is InChI=1S/C22H20N2O5/c1-12-19(21(25)26)29-20(23-12)13(2)24-22(27)28-11-18-16-9-5-3-7-14(16)15-8-4-6-10-17(15)18/h3-10,13,18H,11H2,1-2H3,(H,24,27)(H,25,26). The minimum absolute atomic E-state index is 0.0361. The third-order valence-corrected chi connectivity index (χ3v) is 5.06. The lowest BCUT2D eigenvalue weighted by molar-refractivity contribution is 0.0658. The summed E-state index contributed by atoms with van der Waals surface area (Å²) >= 11 is 0. The Kier molecular flexibility index (Phi) is 4.80. The highest BCUT2D eigenvalue weighted by Crippen LogP contribution is 2.44. The molecule has 29 heavy (non-hydrogen) atoms. The van der Waals surface area contributed by atoms with Gasteiger partial charge in [-0.15, -0.1) is 0 Å². The van der Waals surface area contributed by atoms with Gasteiger partial charge in [-0.05, 0) is 36.1 Å². The van der Waals surface area contributed by atoms with Crippen LogP contribution < -0.4 is 5.32 Å². The molecular weight excluding hydrogens is 372 g/mol. The summed E-state index contributed by atoms with van der Waals surface area (Å²) in [6, 6.07) is 15.6. The van der Waals surface area contributed by atoms with E-state index in [1.165, 1.54) is 6.92 Å². The number of carbonyl (C=O) groups excluding carboxylic acids is 1. The summed E-state index contributed by atoms with van der Waals surface area (Å²) < 4.78 is 10.7. The molecule has 4 rings (SSSR count). The number of oxazole rings is 1. The number of alkyl carbamates (subject to hydrolysis) is 1. The first kappa shape index (κ1) is 18.7. The average Bonchev–Trinajstić information content (AvgIpc) is 3.25. The van der Waals surface area contributed by atoms with Gasteiger partial charge in [0.05, 0.1) is 5.69 Å². The van der Waals surface area contributed by atoms with Crippen LogP contribution in [-0.2, 0) is 4.74 Å². The number of amides is 1. The molecule has 2 aromatic carbocycles. The van der Waals surface area contributed by atoms with Gasteiger partial charge in [-0.1, -0.05) is 48.5 Å². The van der Waals surface area contributed by atoms with Crippen molar-refractivity contribution in [2.75, 3.05) is 6.61 Å². The van der Waals surface area contributed by atoms with Crippen LogP contribution in [0.1, 0.15) is 52.1 Å². The molecule has 1 aromatic heterocycles. The van der Waals surface area contributed by atoms with E-state index in [4.69, 9.17) is 14.3 Å². The van der Waals surface area contributed by atoms with E-state index in [9.17, 15) is 9.59 Å². The van der Waals surface area contributed by atoms with Crippen LogP contribution in [0.4, 0.5) is 4.79 Å². The molecular formula is C22H20N2O5. The largest absolute Gasteiger partial charge is 0.475 e. The molecule has 0 radical (unpaired) electrons.